The third kappa shape index (κ3) is 8.35. The Morgan fingerprint density at radius 3 is 2.13 bits per heavy atom. The number of carbonyl (C=O) groups excluding carboxylic acids is 1. The van der Waals surface area contributed by atoms with Crippen molar-refractivity contribution in [1.29, 1.82) is 0 Å². The number of anilines is 1. The van der Waals surface area contributed by atoms with Gasteiger partial charge in [0.05, 0.1) is 17.5 Å². The van der Waals surface area contributed by atoms with Gasteiger partial charge >= 0.3 is 6.09 Å². The monoisotopic (exact) mass is 687 g/mol. The summed E-state index contributed by atoms with van der Waals surface area (Å²) in [6.07, 6.45) is 0.132. The van der Waals surface area contributed by atoms with Crippen molar-refractivity contribution in [2.24, 2.45) is 0 Å². The predicted molar refractivity (Wildman–Crippen MR) is 185 cm³/mol. The fraction of sp³-hybridized carbons (Fsp3) is 0.278. The van der Waals surface area contributed by atoms with Crippen LogP contribution in [0.3, 0.4) is 0 Å². The van der Waals surface area contributed by atoms with Crippen LogP contribution in [-0.4, -0.2) is 60.4 Å². The number of carboxylic acid groups (broad SMARTS) is 1. The molecule has 4 aromatic rings. The molecule has 5 rings (SSSR count). The van der Waals surface area contributed by atoms with Crippen LogP contribution in [0.1, 0.15) is 39.8 Å². The third-order valence-electron chi connectivity index (χ3n) is 8.28. The molecule has 0 aromatic heterocycles. The van der Waals surface area contributed by atoms with Crippen LogP contribution in [-0.2, 0) is 16.0 Å². The number of nitrogens with one attached hydrogen (secondary N) is 2. The number of hydrogen-bond acceptors (Lipinski definition) is 5. The highest BCUT2D eigenvalue weighted by molar-refractivity contribution is 9.10. The molecule has 4 aromatic carbocycles. The molecule has 2 amide bonds. The van der Waals surface area contributed by atoms with E-state index in [4.69, 9.17) is 17.4 Å². The molecule has 1 aliphatic heterocycles. The lowest BCUT2D eigenvalue weighted by Gasteiger charge is -2.34. The summed E-state index contributed by atoms with van der Waals surface area (Å²) in [6.45, 7) is 1.45. The quantitative estimate of drug-likeness (QED) is 0.126. The molecule has 7 nitrogen and oxygen atoms in total. The van der Waals surface area contributed by atoms with E-state index in [1.165, 1.54) is 7.05 Å². The molecule has 1 heterocycles. The summed E-state index contributed by atoms with van der Waals surface area (Å²) in [7, 11) is 1.45. The zero-order valence-corrected chi connectivity index (χ0v) is 27.5. The highest BCUT2D eigenvalue weighted by Crippen LogP contribution is 2.33. The maximum absolute atomic E-state index is 14.1. The number of ether oxygens (including phenoxy) is 1. The highest BCUT2D eigenvalue weighted by Gasteiger charge is 2.37. The molecule has 1 aliphatic rings. The number of thiol groups is 1. The van der Waals surface area contributed by atoms with Gasteiger partial charge in [-0.15, -0.1) is 0 Å². The SMILES string of the molecule is CN(C(=O)O)[C@H](C(=O)Nc1ccccc1CC[C@@H]1CNC[C@@H](C(S)c2ccc(Br)cc2)O1)C(c1ccccc1)c1ccccc1. The van der Waals surface area contributed by atoms with Crippen molar-refractivity contribution in [2.45, 2.75) is 42.3 Å². The van der Waals surface area contributed by atoms with Gasteiger partial charge in [0.15, 0.2) is 0 Å². The van der Waals surface area contributed by atoms with Crippen molar-refractivity contribution in [3.05, 3.63) is 136 Å². The van der Waals surface area contributed by atoms with Crippen molar-refractivity contribution < 1.29 is 19.4 Å². The number of nitrogens with zero attached hydrogens (tertiary/aromatic N) is 1. The van der Waals surface area contributed by atoms with Gasteiger partial charge in [0.25, 0.3) is 0 Å². The number of amides is 2. The van der Waals surface area contributed by atoms with Crippen LogP contribution in [0, 0.1) is 0 Å². The van der Waals surface area contributed by atoms with Crippen molar-refractivity contribution >= 4 is 46.2 Å². The van der Waals surface area contributed by atoms with Gasteiger partial charge in [-0.3, -0.25) is 9.69 Å². The summed E-state index contributed by atoms with van der Waals surface area (Å²) in [4.78, 5) is 27.5. The third-order valence-corrected chi connectivity index (χ3v) is 9.44. The molecule has 1 fully saturated rings. The molecule has 3 N–H and O–H groups in total. The molecule has 1 unspecified atom stereocenters. The van der Waals surface area contributed by atoms with E-state index >= 15 is 0 Å². The van der Waals surface area contributed by atoms with E-state index < -0.39 is 24.0 Å². The fourth-order valence-electron chi connectivity index (χ4n) is 5.89. The Hall–Kier alpha value is -3.63. The first-order valence-electron chi connectivity index (χ1n) is 15.1. The number of para-hydroxylation sites is 1. The number of morpholine rings is 1. The summed E-state index contributed by atoms with van der Waals surface area (Å²) in [6, 6.07) is 33.9. The summed E-state index contributed by atoms with van der Waals surface area (Å²) in [5.74, 6) is -0.910. The van der Waals surface area contributed by atoms with Gasteiger partial charge in [0, 0.05) is 36.2 Å². The number of benzene rings is 4. The average Bonchev–Trinajstić information content (AvgIpc) is 3.07. The summed E-state index contributed by atoms with van der Waals surface area (Å²) in [5, 5.41) is 16.6. The number of rotatable bonds is 11. The van der Waals surface area contributed by atoms with Gasteiger partial charge in [-0.1, -0.05) is 107 Å². The molecule has 0 radical (unpaired) electrons. The average molecular weight is 689 g/mol. The number of aryl methyl sites for hydroxylation is 1. The maximum Gasteiger partial charge on any atom is 0.407 e. The highest BCUT2D eigenvalue weighted by atomic mass is 79.9. The van der Waals surface area contributed by atoms with Gasteiger partial charge in [-0.2, -0.15) is 12.6 Å². The zero-order chi connectivity index (χ0) is 31.8. The van der Waals surface area contributed by atoms with Crippen LogP contribution in [0.4, 0.5) is 10.5 Å². The Bertz CT molecular complexity index is 1520. The van der Waals surface area contributed by atoms with E-state index in [-0.39, 0.29) is 17.5 Å². The Balaban J connectivity index is 1.32. The van der Waals surface area contributed by atoms with Gasteiger partial charge < -0.3 is 20.5 Å². The van der Waals surface area contributed by atoms with Gasteiger partial charge in [-0.05, 0) is 53.3 Å². The topological polar surface area (TPSA) is 90.9 Å². The summed E-state index contributed by atoms with van der Waals surface area (Å²) < 4.78 is 7.51. The molecule has 4 atom stereocenters. The molecule has 234 valence electrons. The van der Waals surface area contributed by atoms with Crippen LogP contribution >= 0.6 is 28.6 Å². The molecule has 0 spiro atoms. The van der Waals surface area contributed by atoms with Crippen LogP contribution in [0.25, 0.3) is 0 Å². The lowest BCUT2D eigenvalue weighted by Crippen LogP contribution is -2.48. The van der Waals surface area contributed by atoms with E-state index in [1.54, 1.807) is 0 Å². The summed E-state index contributed by atoms with van der Waals surface area (Å²) >= 11 is 8.36. The van der Waals surface area contributed by atoms with E-state index in [0.717, 1.165) is 51.1 Å². The van der Waals surface area contributed by atoms with E-state index in [9.17, 15) is 14.7 Å². The van der Waals surface area contributed by atoms with Crippen molar-refractivity contribution in [2.75, 3.05) is 25.5 Å². The number of halogens is 1. The van der Waals surface area contributed by atoms with Crippen LogP contribution in [0.2, 0.25) is 0 Å². The van der Waals surface area contributed by atoms with Crippen molar-refractivity contribution in [1.82, 2.24) is 10.2 Å². The molecule has 0 bridgehead atoms. The lowest BCUT2D eigenvalue weighted by molar-refractivity contribution is -0.120. The Labute approximate surface area is 278 Å². The van der Waals surface area contributed by atoms with Gasteiger partial charge in [-0.25, -0.2) is 4.79 Å². The van der Waals surface area contributed by atoms with E-state index in [0.29, 0.717) is 12.1 Å². The molecular formula is C36H38BrN3O4S. The maximum atomic E-state index is 14.1. The minimum Gasteiger partial charge on any atom is -0.465 e. The van der Waals surface area contributed by atoms with Gasteiger partial charge in [0.1, 0.15) is 6.04 Å². The molecule has 1 saturated heterocycles. The standard InChI is InChI=1S/C36H38BrN3O4S/c1-40(36(42)43)33(32(25-11-4-2-5-12-25)26-13-6-3-7-14-26)35(41)39-30-15-9-8-10-24(30)18-21-29-22-38-23-31(44-29)34(45)27-16-19-28(37)20-17-27/h2-17,19-20,29,31-34,38,45H,18,21-23H2,1H3,(H,39,41)(H,42,43)/t29-,31+,33+,34?/m1/s1. The van der Waals surface area contributed by atoms with Crippen LogP contribution in [0.15, 0.2) is 114 Å². The molecule has 0 aliphatic carbocycles. The second kappa shape index (κ2) is 15.6. The predicted octanol–water partition coefficient (Wildman–Crippen LogP) is 7.16. The van der Waals surface area contributed by atoms with Gasteiger partial charge in [0.2, 0.25) is 5.91 Å². The van der Waals surface area contributed by atoms with E-state index in [1.807, 2.05) is 97.1 Å². The second-order valence-corrected chi connectivity index (χ2v) is 12.7. The number of likely N-dealkylation sites (N-methyl/N-ethyl adjacent to an activating group) is 1. The zero-order valence-electron chi connectivity index (χ0n) is 25.1. The second-order valence-electron chi connectivity index (χ2n) is 11.3. The van der Waals surface area contributed by atoms with Crippen molar-refractivity contribution in [3.63, 3.8) is 0 Å². The minimum absolute atomic E-state index is 0.0240. The van der Waals surface area contributed by atoms with E-state index in [2.05, 4.69) is 38.7 Å². The van der Waals surface area contributed by atoms with Crippen LogP contribution < -0.4 is 10.6 Å². The first kappa shape index (κ1) is 32.8. The van der Waals surface area contributed by atoms with Crippen LogP contribution in [0.5, 0.6) is 0 Å². The molecule has 45 heavy (non-hydrogen) atoms. The fourth-order valence-corrected chi connectivity index (χ4v) is 6.50. The first-order chi connectivity index (χ1) is 21.8. The number of hydrogen-bond donors (Lipinski definition) is 4. The Kier molecular flexibility index (Phi) is 11.3. The Morgan fingerprint density at radius 2 is 1.51 bits per heavy atom. The lowest BCUT2D eigenvalue weighted by atomic mass is 9.84. The molecule has 9 heteroatoms. The number of carbonyl (C=O) groups is 2. The first-order valence-corrected chi connectivity index (χ1v) is 16.4. The van der Waals surface area contributed by atoms with Crippen molar-refractivity contribution in [3.8, 4) is 0 Å². The molecular weight excluding hydrogens is 650 g/mol. The largest absolute Gasteiger partial charge is 0.465 e. The smallest absolute Gasteiger partial charge is 0.407 e. The Morgan fingerprint density at radius 1 is 0.911 bits per heavy atom. The normalized spacial score (nSPS) is 17.8. The molecule has 0 saturated carbocycles. The minimum atomic E-state index is -1.18. The summed E-state index contributed by atoms with van der Waals surface area (Å²) in [5.41, 5.74) is 4.43.